The average molecular weight is 350 g/mol. The number of aromatic amines is 1. The summed E-state index contributed by atoms with van der Waals surface area (Å²) < 4.78 is 30.2. The second-order valence-corrected chi connectivity index (χ2v) is 5.36. The van der Waals surface area contributed by atoms with Crippen molar-refractivity contribution < 1.29 is 23.4 Å². The van der Waals surface area contributed by atoms with Crippen LogP contribution in [0.3, 0.4) is 0 Å². The molecule has 2 heterocycles. The van der Waals surface area contributed by atoms with E-state index in [-0.39, 0.29) is 19.8 Å². The maximum absolute atomic E-state index is 13.3. The minimum atomic E-state index is -1.08. The Balaban J connectivity index is 1.54. The molecule has 1 fully saturated rings. The summed E-state index contributed by atoms with van der Waals surface area (Å²) in [5, 5.41) is 0. The molecule has 1 aliphatic rings. The predicted octanol–water partition coefficient (Wildman–Crippen LogP) is 0.447. The zero-order valence-electron chi connectivity index (χ0n) is 13.0. The predicted molar refractivity (Wildman–Crippen MR) is 82.7 cm³/mol. The third-order valence-corrected chi connectivity index (χ3v) is 3.63. The van der Waals surface area contributed by atoms with Crippen molar-refractivity contribution in [1.29, 1.82) is 0 Å². The molecular weight excluding hydrogens is 335 g/mol. The molecule has 1 aromatic carbocycles. The summed E-state index contributed by atoms with van der Waals surface area (Å²) in [6.45, 7) is -0.0345. The van der Waals surface area contributed by atoms with Gasteiger partial charge in [0.15, 0.2) is 6.29 Å². The quantitative estimate of drug-likeness (QED) is 0.804. The molecule has 0 bridgehead atoms. The van der Waals surface area contributed by atoms with Gasteiger partial charge in [0.2, 0.25) is 5.82 Å². The molecule has 0 unspecified atom stereocenters. The lowest BCUT2D eigenvalue weighted by molar-refractivity contribution is -0.211. The lowest BCUT2D eigenvalue weighted by atomic mass is 10.2. The number of hydrogen-bond donors (Lipinski definition) is 1. The SMILES string of the molecule is O=C(OCC1OCC(n2cc(F)c(=O)[nH]c2=O)CO1)c1ccccc1. The van der Waals surface area contributed by atoms with Gasteiger partial charge in [-0.3, -0.25) is 14.3 Å². The van der Waals surface area contributed by atoms with Crippen molar-refractivity contribution in [2.24, 2.45) is 0 Å². The molecule has 0 saturated carbocycles. The van der Waals surface area contributed by atoms with E-state index in [4.69, 9.17) is 14.2 Å². The van der Waals surface area contributed by atoms with Crippen LogP contribution < -0.4 is 11.2 Å². The molecule has 2 aromatic rings. The molecule has 0 atom stereocenters. The largest absolute Gasteiger partial charge is 0.457 e. The Kier molecular flexibility index (Phi) is 5.05. The van der Waals surface area contributed by atoms with Crippen LogP contribution in [0, 0.1) is 5.82 Å². The molecule has 0 spiro atoms. The van der Waals surface area contributed by atoms with Crippen molar-refractivity contribution >= 4 is 5.97 Å². The Morgan fingerprint density at radius 2 is 1.92 bits per heavy atom. The first-order chi connectivity index (χ1) is 12.0. The van der Waals surface area contributed by atoms with Crippen LogP contribution in [0.2, 0.25) is 0 Å². The van der Waals surface area contributed by atoms with Gasteiger partial charge in [-0.15, -0.1) is 0 Å². The van der Waals surface area contributed by atoms with Gasteiger partial charge in [-0.1, -0.05) is 18.2 Å². The van der Waals surface area contributed by atoms with Gasteiger partial charge in [0.25, 0.3) is 5.56 Å². The summed E-state index contributed by atoms with van der Waals surface area (Å²) >= 11 is 0. The molecule has 9 heteroatoms. The molecule has 1 saturated heterocycles. The fraction of sp³-hybridized carbons (Fsp3) is 0.312. The number of halogens is 1. The number of hydrogen-bond acceptors (Lipinski definition) is 6. The number of carbonyl (C=O) groups is 1. The molecule has 1 N–H and O–H groups in total. The number of ether oxygens (including phenoxy) is 3. The van der Waals surface area contributed by atoms with Gasteiger partial charge in [-0.25, -0.2) is 9.59 Å². The van der Waals surface area contributed by atoms with Crippen LogP contribution in [0.15, 0.2) is 46.1 Å². The van der Waals surface area contributed by atoms with Crippen molar-refractivity contribution in [2.45, 2.75) is 12.3 Å². The molecule has 1 aromatic heterocycles. The van der Waals surface area contributed by atoms with Gasteiger partial charge in [0.05, 0.1) is 31.0 Å². The number of H-pyrrole nitrogens is 1. The van der Waals surface area contributed by atoms with E-state index >= 15 is 0 Å². The van der Waals surface area contributed by atoms with E-state index in [0.29, 0.717) is 5.56 Å². The zero-order valence-corrected chi connectivity index (χ0v) is 13.0. The number of benzene rings is 1. The van der Waals surface area contributed by atoms with Crippen LogP contribution in [-0.4, -0.2) is 41.6 Å². The Bertz CT molecular complexity index is 855. The highest BCUT2D eigenvalue weighted by Gasteiger charge is 2.26. The van der Waals surface area contributed by atoms with E-state index in [1.54, 1.807) is 30.3 Å². The van der Waals surface area contributed by atoms with Crippen LogP contribution in [0.4, 0.5) is 4.39 Å². The van der Waals surface area contributed by atoms with Crippen LogP contribution in [-0.2, 0) is 14.2 Å². The Labute approximate surface area is 140 Å². The smallest absolute Gasteiger partial charge is 0.338 e. The Hall–Kier alpha value is -2.78. The third kappa shape index (κ3) is 4.01. The van der Waals surface area contributed by atoms with Crippen LogP contribution >= 0.6 is 0 Å². The van der Waals surface area contributed by atoms with Gasteiger partial charge in [0.1, 0.15) is 6.61 Å². The zero-order chi connectivity index (χ0) is 17.8. The maximum Gasteiger partial charge on any atom is 0.338 e. The molecule has 0 aliphatic carbocycles. The van der Waals surface area contributed by atoms with Crippen molar-refractivity contribution in [3.63, 3.8) is 0 Å². The number of nitrogens with one attached hydrogen (secondary N) is 1. The molecule has 3 rings (SSSR count). The van der Waals surface area contributed by atoms with Gasteiger partial charge < -0.3 is 14.2 Å². The van der Waals surface area contributed by atoms with E-state index in [2.05, 4.69) is 0 Å². The summed E-state index contributed by atoms with van der Waals surface area (Å²) in [6.07, 6.45) is 0.0288. The van der Waals surface area contributed by atoms with Gasteiger partial charge in [-0.05, 0) is 12.1 Å². The first-order valence-corrected chi connectivity index (χ1v) is 7.51. The van der Waals surface area contributed by atoms with Gasteiger partial charge >= 0.3 is 11.7 Å². The fourth-order valence-corrected chi connectivity index (χ4v) is 2.32. The Morgan fingerprint density at radius 3 is 2.60 bits per heavy atom. The minimum absolute atomic E-state index is 0.0406. The highest BCUT2D eigenvalue weighted by molar-refractivity contribution is 5.89. The lowest BCUT2D eigenvalue weighted by Gasteiger charge is -2.29. The van der Waals surface area contributed by atoms with Crippen molar-refractivity contribution in [1.82, 2.24) is 9.55 Å². The summed E-state index contributed by atoms with van der Waals surface area (Å²) in [5.74, 6) is -1.58. The van der Waals surface area contributed by atoms with Crippen LogP contribution in [0.5, 0.6) is 0 Å². The molecular formula is C16H15FN2O6. The highest BCUT2D eigenvalue weighted by atomic mass is 19.1. The standard InChI is InChI=1S/C16H15FN2O6/c17-12-6-19(16(22)18-14(12)20)11-7-23-13(24-8-11)9-25-15(21)10-4-2-1-3-5-10/h1-6,11,13H,7-9H2,(H,18,20,22). The summed E-state index contributed by atoms with van der Waals surface area (Å²) in [4.78, 5) is 36.4. The van der Waals surface area contributed by atoms with E-state index in [0.717, 1.165) is 10.8 Å². The number of nitrogens with zero attached hydrogens (tertiary/aromatic N) is 1. The summed E-state index contributed by atoms with van der Waals surface area (Å²) in [7, 11) is 0. The number of esters is 1. The third-order valence-electron chi connectivity index (χ3n) is 3.63. The van der Waals surface area contributed by atoms with Crippen molar-refractivity contribution in [2.75, 3.05) is 19.8 Å². The molecule has 0 amide bonds. The monoisotopic (exact) mass is 350 g/mol. The molecule has 0 radical (unpaired) electrons. The minimum Gasteiger partial charge on any atom is -0.457 e. The van der Waals surface area contributed by atoms with Crippen molar-refractivity contribution in [3.05, 3.63) is 68.7 Å². The van der Waals surface area contributed by atoms with E-state index < -0.39 is 35.4 Å². The number of carbonyl (C=O) groups excluding carboxylic acids is 1. The summed E-state index contributed by atoms with van der Waals surface area (Å²) in [6, 6.07) is 7.87. The maximum atomic E-state index is 13.3. The normalized spacial score (nSPS) is 20.2. The van der Waals surface area contributed by atoms with Crippen LogP contribution in [0.1, 0.15) is 16.4 Å². The first-order valence-electron chi connectivity index (χ1n) is 7.51. The Morgan fingerprint density at radius 1 is 1.24 bits per heavy atom. The lowest BCUT2D eigenvalue weighted by Crippen LogP contribution is -2.42. The van der Waals surface area contributed by atoms with E-state index in [1.807, 2.05) is 4.98 Å². The molecule has 8 nitrogen and oxygen atoms in total. The molecule has 25 heavy (non-hydrogen) atoms. The fourth-order valence-electron chi connectivity index (χ4n) is 2.32. The number of aromatic nitrogens is 2. The molecule has 1 aliphatic heterocycles. The van der Waals surface area contributed by atoms with Crippen LogP contribution in [0.25, 0.3) is 0 Å². The molecule has 132 valence electrons. The van der Waals surface area contributed by atoms with Crippen molar-refractivity contribution in [3.8, 4) is 0 Å². The number of rotatable bonds is 4. The summed E-state index contributed by atoms with van der Waals surface area (Å²) in [5.41, 5.74) is -1.42. The van der Waals surface area contributed by atoms with E-state index in [9.17, 15) is 18.8 Å². The van der Waals surface area contributed by atoms with Gasteiger partial charge in [-0.2, -0.15) is 4.39 Å². The second kappa shape index (κ2) is 7.41. The van der Waals surface area contributed by atoms with E-state index in [1.165, 1.54) is 0 Å². The topological polar surface area (TPSA) is 99.6 Å². The average Bonchev–Trinajstić information content (AvgIpc) is 2.64. The first kappa shape index (κ1) is 17.1. The highest BCUT2D eigenvalue weighted by Crippen LogP contribution is 2.15. The second-order valence-electron chi connectivity index (χ2n) is 5.36. The van der Waals surface area contributed by atoms with Gasteiger partial charge in [0, 0.05) is 0 Å².